The van der Waals surface area contributed by atoms with Crippen molar-refractivity contribution < 1.29 is 22.7 Å². The average Bonchev–Trinajstić information content (AvgIpc) is 2.81. The van der Waals surface area contributed by atoms with E-state index in [2.05, 4.69) is 15.2 Å². The van der Waals surface area contributed by atoms with Crippen molar-refractivity contribution in [3.05, 3.63) is 41.1 Å². The summed E-state index contributed by atoms with van der Waals surface area (Å²) in [5, 5.41) is 7.01. The van der Waals surface area contributed by atoms with Crippen molar-refractivity contribution in [2.45, 2.75) is 39.1 Å². The maximum Gasteiger partial charge on any atom is 0.573 e. The van der Waals surface area contributed by atoms with Gasteiger partial charge in [-0.3, -0.25) is 9.48 Å². The third-order valence-corrected chi connectivity index (χ3v) is 4.07. The highest BCUT2D eigenvalue weighted by Crippen LogP contribution is 2.42. The van der Waals surface area contributed by atoms with Crippen molar-refractivity contribution in [1.82, 2.24) is 9.78 Å². The first-order valence-electron chi connectivity index (χ1n) is 7.52. The molecule has 0 aliphatic carbocycles. The molecule has 5 nitrogen and oxygen atoms in total. The molecule has 8 heteroatoms. The number of carbonyl (C=O) groups is 1. The van der Waals surface area contributed by atoms with Gasteiger partial charge in [0.2, 0.25) is 5.91 Å². The summed E-state index contributed by atoms with van der Waals surface area (Å²) in [6.07, 6.45) is -4.75. The minimum atomic E-state index is -4.79. The fourth-order valence-corrected chi connectivity index (χ4v) is 3.10. The van der Waals surface area contributed by atoms with E-state index in [4.69, 9.17) is 0 Å². The number of ether oxygens (including phenoxy) is 1. The van der Waals surface area contributed by atoms with Crippen LogP contribution < -0.4 is 10.1 Å². The molecule has 1 amide bonds. The van der Waals surface area contributed by atoms with Crippen LogP contribution in [0.1, 0.15) is 36.1 Å². The predicted octanol–water partition coefficient (Wildman–Crippen LogP) is 3.58. The predicted molar refractivity (Wildman–Crippen MR) is 80.9 cm³/mol. The standard InChI is InChI=1S/C16H16F3N3O2/c1-3-22-9(2)14-11(8-13(23)20-15(14)21-22)10-6-4-5-7-12(10)24-16(17,18)19/h4-7,11H,3,8H2,1-2H3,(H,20,21,23). The van der Waals surface area contributed by atoms with E-state index >= 15 is 0 Å². The van der Waals surface area contributed by atoms with Gasteiger partial charge in [-0.25, -0.2) is 0 Å². The van der Waals surface area contributed by atoms with Crippen LogP contribution in [0, 0.1) is 6.92 Å². The molecular formula is C16H16F3N3O2. The number of fused-ring (bicyclic) bond motifs is 1. The third kappa shape index (κ3) is 2.95. The van der Waals surface area contributed by atoms with Crippen LogP contribution in [0.15, 0.2) is 24.3 Å². The number of hydrogen-bond acceptors (Lipinski definition) is 3. The van der Waals surface area contributed by atoms with Crippen molar-refractivity contribution >= 4 is 11.7 Å². The van der Waals surface area contributed by atoms with Gasteiger partial charge in [-0.2, -0.15) is 5.10 Å². The number of carbonyl (C=O) groups excluding carboxylic acids is 1. The van der Waals surface area contributed by atoms with E-state index in [1.807, 2.05) is 13.8 Å². The van der Waals surface area contributed by atoms with Gasteiger partial charge in [-0.15, -0.1) is 13.2 Å². The quantitative estimate of drug-likeness (QED) is 0.930. The van der Waals surface area contributed by atoms with E-state index in [1.54, 1.807) is 16.8 Å². The van der Waals surface area contributed by atoms with Gasteiger partial charge >= 0.3 is 6.36 Å². The van der Waals surface area contributed by atoms with E-state index in [0.29, 0.717) is 17.9 Å². The van der Waals surface area contributed by atoms with Gasteiger partial charge in [0, 0.05) is 35.7 Å². The molecule has 0 spiro atoms. The van der Waals surface area contributed by atoms with E-state index < -0.39 is 12.3 Å². The molecule has 24 heavy (non-hydrogen) atoms. The van der Waals surface area contributed by atoms with Crippen molar-refractivity contribution in [2.75, 3.05) is 5.32 Å². The summed E-state index contributed by atoms with van der Waals surface area (Å²) in [5.74, 6) is -0.709. The molecule has 0 radical (unpaired) electrons. The topological polar surface area (TPSA) is 56.2 Å². The second-order valence-electron chi connectivity index (χ2n) is 5.55. The Morgan fingerprint density at radius 3 is 2.75 bits per heavy atom. The zero-order valence-electron chi connectivity index (χ0n) is 13.1. The molecule has 1 aromatic heterocycles. The number of nitrogens with one attached hydrogen (secondary N) is 1. The molecule has 1 atom stereocenters. The van der Waals surface area contributed by atoms with Crippen LogP contribution in [-0.2, 0) is 11.3 Å². The number of aryl methyl sites for hydroxylation is 1. The molecule has 2 aromatic rings. The minimum Gasteiger partial charge on any atom is -0.405 e. The fourth-order valence-electron chi connectivity index (χ4n) is 3.10. The lowest BCUT2D eigenvalue weighted by molar-refractivity contribution is -0.274. The Balaban J connectivity index is 2.12. The second-order valence-corrected chi connectivity index (χ2v) is 5.55. The van der Waals surface area contributed by atoms with Crippen molar-refractivity contribution in [2.24, 2.45) is 0 Å². The highest BCUT2D eigenvalue weighted by Gasteiger charge is 2.36. The van der Waals surface area contributed by atoms with Gasteiger partial charge in [0.1, 0.15) is 5.75 Å². The first-order valence-corrected chi connectivity index (χ1v) is 7.52. The van der Waals surface area contributed by atoms with Crippen LogP contribution in [0.3, 0.4) is 0 Å². The normalized spacial score (nSPS) is 17.4. The molecule has 1 aliphatic rings. The second kappa shape index (κ2) is 5.85. The molecule has 0 bridgehead atoms. The molecule has 1 aliphatic heterocycles. The molecule has 0 fully saturated rings. The number of hydrogen-bond donors (Lipinski definition) is 1. The van der Waals surface area contributed by atoms with E-state index in [1.165, 1.54) is 12.1 Å². The molecule has 3 rings (SSSR count). The highest BCUT2D eigenvalue weighted by atomic mass is 19.4. The van der Waals surface area contributed by atoms with Gasteiger partial charge in [-0.1, -0.05) is 18.2 Å². The summed E-state index contributed by atoms with van der Waals surface area (Å²) in [6, 6.07) is 5.91. The zero-order valence-corrected chi connectivity index (χ0v) is 13.1. The smallest absolute Gasteiger partial charge is 0.405 e. The van der Waals surface area contributed by atoms with Crippen LogP contribution in [-0.4, -0.2) is 22.1 Å². The summed E-state index contributed by atoms with van der Waals surface area (Å²) in [5.41, 5.74) is 1.87. The Morgan fingerprint density at radius 2 is 2.08 bits per heavy atom. The van der Waals surface area contributed by atoms with Crippen molar-refractivity contribution in [3.63, 3.8) is 0 Å². The summed E-state index contributed by atoms with van der Waals surface area (Å²) in [6.45, 7) is 4.35. The summed E-state index contributed by atoms with van der Waals surface area (Å²) >= 11 is 0. The Kier molecular flexibility index (Phi) is 3.98. The third-order valence-electron chi connectivity index (χ3n) is 4.07. The van der Waals surface area contributed by atoms with Crippen LogP contribution in [0.4, 0.5) is 19.0 Å². The van der Waals surface area contributed by atoms with Gasteiger partial charge in [0.15, 0.2) is 5.82 Å². The molecule has 1 N–H and O–H groups in total. The van der Waals surface area contributed by atoms with Crippen LogP contribution in [0.2, 0.25) is 0 Å². The lowest BCUT2D eigenvalue weighted by Crippen LogP contribution is -2.25. The van der Waals surface area contributed by atoms with Crippen molar-refractivity contribution in [1.29, 1.82) is 0 Å². The molecule has 2 heterocycles. The zero-order chi connectivity index (χ0) is 17.5. The van der Waals surface area contributed by atoms with Crippen LogP contribution >= 0.6 is 0 Å². The number of benzene rings is 1. The highest BCUT2D eigenvalue weighted by molar-refractivity contribution is 5.94. The first kappa shape index (κ1) is 16.4. The number of halogens is 3. The number of amides is 1. The molecule has 0 saturated carbocycles. The Morgan fingerprint density at radius 1 is 1.38 bits per heavy atom. The summed E-state index contributed by atoms with van der Waals surface area (Å²) in [7, 11) is 0. The van der Waals surface area contributed by atoms with Crippen molar-refractivity contribution in [3.8, 4) is 5.75 Å². The van der Waals surface area contributed by atoms with Crippen LogP contribution in [0.5, 0.6) is 5.75 Å². The lowest BCUT2D eigenvalue weighted by Gasteiger charge is -2.25. The van der Waals surface area contributed by atoms with Gasteiger partial charge in [-0.05, 0) is 19.9 Å². The maximum atomic E-state index is 12.7. The first-order chi connectivity index (χ1) is 11.3. The largest absolute Gasteiger partial charge is 0.573 e. The van der Waals surface area contributed by atoms with Gasteiger partial charge in [0.25, 0.3) is 0 Å². The van der Waals surface area contributed by atoms with Gasteiger partial charge in [0.05, 0.1) is 0 Å². The Hall–Kier alpha value is -2.51. The molecule has 1 aromatic carbocycles. The molecule has 0 saturated heterocycles. The minimum absolute atomic E-state index is 0.0431. The number of aromatic nitrogens is 2. The number of alkyl halides is 3. The SMILES string of the molecule is CCn1nc2c(c1C)C(c1ccccc1OC(F)(F)F)CC(=O)N2. The number of anilines is 1. The van der Waals surface area contributed by atoms with Gasteiger partial charge < -0.3 is 10.1 Å². The summed E-state index contributed by atoms with van der Waals surface area (Å²) in [4.78, 5) is 12.0. The lowest BCUT2D eigenvalue weighted by atomic mass is 9.85. The number of rotatable bonds is 3. The Bertz CT molecular complexity index is 783. The summed E-state index contributed by atoms with van der Waals surface area (Å²) < 4.78 is 43.9. The number of nitrogens with zero attached hydrogens (tertiary/aromatic N) is 2. The molecular weight excluding hydrogens is 323 g/mol. The molecule has 1 unspecified atom stereocenters. The maximum absolute atomic E-state index is 12.7. The molecule has 128 valence electrons. The number of para-hydroxylation sites is 1. The Labute approximate surface area is 136 Å². The van der Waals surface area contributed by atoms with E-state index in [-0.39, 0.29) is 18.1 Å². The average molecular weight is 339 g/mol. The van der Waals surface area contributed by atoms with E-state index in [0.717, 1.165) is 11.3 Å². The van der Waals surface area contributed by atoms with Crippen LogP contribution in [0.25, 0.3) is 0 Å². The van der Waals surface area contributed by atoms with E-state index in [9.17, 15) is 18.0 Å². The fraction of sp³-hybridized carbons (Fsp3) is 0.375. The monoisotopic (exact) mass is 339 g/mol.